The molecule has 41 heavy (non-hydrogen) atoms. The molecule has 222 valence electrons. The second-order valence-corrected chi connectivity index (χ2v) is 11.7. The Balaban J connectivity index is 0.981. The van der Waals surface area contributed by atoms with Crippen molar-refractivity contribution in [3.8, 4) is 11.5 Å². The zero-order valence-electron chi connectivity index (χ0n) is 24.1. The Morgan fingerprint density at radius 1 is 1.00 bits per heavy atom. The molecule has 1 aliphatic heterocycles. The second kappa shape index (κ2) is 14.2. The van der Waals surface area contributed by atoms with Crippen molar-refractivity contribution in [2.45, 2.75) is 63.2 Å². The number of aliphatic carboxylic acids is 1. The highest BCUT2D eigenvalue weighted by Gasteiger charge is 2.43. The zero-order chi connectivity index (χ0) is 28.5. The number of hydrogen-bond acceptors (Lipinski definition) is 6. The van der Waals surface area contributed by atoms with E-state index in [1.54, 1.807) is 0 Å². The first-order valence-electron chi connectivity index (χ1n) is 15.3. The van der Waals surface area contributed by atoms with Gasteiger partial charge in [0.1, 0.15) is 18.1 Å². The minimum Gasteiger partial charge on any atom is -0.494 e. The summed E-state index contributed by atoms with van der Waals surface area (Å²) in [5, 5.41) is 12.4. The summed E-state index contributed by atoms with van der Waals surface area (Å²) in [7, 11) is 0. The fourth-order valence-electron chi connectivity index (χ4n) is 6.57. The first-order chi connectivity index (χ1) is 20.0. The van der Waals surface area contributed by atoms with Crippen LogP contribution in [0.1, 0.15) is 61.6 Å². The van der Waals surface area contributed by atoms with Gasteiger partial charge in [-0.25, -0.2) is 0 Å². The van der Waals surface area contributed by atoms with E-state index in [1.807, 2.05) is 18.2 Å². The number of benzene rings is 2. The summed E-state index contributed by atoms with van der Waals surface area (Å²) in [5.41, 5.74) is 3.97. The molecule has 1 saturated carbocycles. The number of nitrogens with one attached hydrogen (secondary N) is 1. The summed E-state index contributed by atoms with van der Waals surface area (Å²) in [4.78, 5) is 26.1. The Hall–Kier alpha value is -3.10. The van der Waals surface area contributed by atoms with E-state index in [0.29, 0.717) is 32.6 Å². The normalized spacial score (nSPS) is 22.3. The number of carboxylic acid groups (broad SMARTS) is 1. The molecule has 0 bridgehead atoms. The average molecular weight is 565 g/mol. The number of ether oxygens (including phenoxy) is 3. The molecule has 0 radical (unpaired) electrons. The van der Waals surface area contributed by atoms with E-state index in [1.165, 1.54) is 11.1 Å². The Morgan fingerprint density at radius 3 is 2.59 bits per heavy atom. The topological polar surface area (TPSA) is 97.3 Å². The second-order valence-electron chi connectivity index (χ2n) is 11.7. The molecule has 0 atom stereocenters. The number of rotatable bonds is 13. The molecule has 2 aliphatic carbocycles. The van der Waals surface area contributed by atoms with E-state index in [9.17, 15) is 14.7 Å². The molecule has 5 rings (SSSR count). The van der Waals surface area contributed by atoms with Crippen LogP contribution in [0.15, 0.2) is 42.5 Å². The van der Waals surface area contributed by atoms with Crippen molar-refractivity contribution in [3.63, 3.8) is 0 Å². The van der Waals surface area contributed by atoms with E-state index >= 15 is 0 Å². The SMILES string of the molecule is O=C(CCCOc1ccc2c(c1)C1(CC2)CCC(C(=O)O)CC1)NCCc1cccc(OCCN2CCOCC2)c1. The molecule has 8 heteroatoms. The van der Waals surface area contributed by atoms with E-state index in [2.05, 4.69) is 34.5 Å². The van der Waals surface area contributed by atoms with Gasteiger partial charge in [0.05, 0.1) is 25.7 Å². The third-order valence-electron chi connectivity index (χ3n) is 9.05. The Bertz CT molecular complexity index is 1170. The summed E-state index contributed by atoms with van der Waals surface area (Å²) in [6.07, 6.45) is 7.38. The van der Waals surface area contributed by atoms with Gasteiger partial charge >= 0.3 is 5.97 Å². The van der Waals surface area contributed by atoms with Crippen LogP contribution in [0.3, 0.4) is 0 Å². The molecule has 2 fully saturated rings. The lowest BCUT2D eigenvalue weighted by molar-refractivity contribution is -0.143. The van der Waals surface area contributed by atoms with Crippen LogP contribution in [0, 0.1) is 5.92 Å². The summed E-state index contributed by atoms with van der Waals surface area (Å²) >= 11 is 0. The fraction of sp³-hybridized carbons (Fsp3) is 0.576. The summed E-state index contributed by atoms with van der Waals surface area (Å²) in [5.74, 6) is 0.885. The molecule has 0 aromatic heterocycles. The number of nitrogens with zero attached hydrogens (tertiary/aromatic N) is 1. The van der Waals surface area contributed by atoms with Crippen LogP contribution in [0.4, 0.5) is 0 Å². The number of hydrogen-bond donors (Lipinski definition) is 2. The smallest absolute Gasteiger partial charge is 0.306 e. The Morgan fingerprint density at radius 2 is 1.78 bits per heavy atom. The van der Waals surface area contributed by atoms with Gasteiger partial charge in [-0.2, -0.15) is 0 Å². The van der Waals surface area contributed by atoms with Gasteiger partial charge in [0, 0.05) is 32.6 Å². The quantitative estimate of drug-likeness (QED) is 0.349. The van der Waals surface area contributed by atoms with Crippen molar-refractivity contribution < 1.29 is 28.9 Å². The predicted octanol–water partition coefficient (Wildman–Crippen LogP) is 4.37. The summed E-state index contributed by atoms with van der Waals surface area (Å²) in [6, 6.07) is 14.5. The van der Waals surface area contributed by atoms with Gasteiger partial charge in [0.25, 0.3) is 0 Å². The lowest BCUT2D eigenvalue weighted by Crippen LogP contribution is -2.38. The van der Waals surface area contributed by atoms with Gasteiger partial charge < -0.3 is 24.6 Å². The number of carbonyl (C=O) groups is 2. The third-order valence-corrected chi connectivity index (χ3v) is 9.05. The van der Waals surface area contributed by atoms with Crippen molar-refractivity contribution in [3.05, 3.63) is 59.2 Å². The van der Waals surface area contributed by atoms with Crippen LogP contribution in [0.2, 0.25) is 0 Å². The van der Waals surface area contributed by atoms with Gasteiger partial charge in [-0.1, -0.05) is 18.2 Å². The maximum atomic E-state index is 12.4. The highest BCUT2D eigenvalue weighted by Crippen LogP contribution is 2.50. The number of amides is 1. The summed E-state index contributed by atoms with van der Waals surface area (Å²) < 4.78 is 17.4. The molecule has 2 aromatic rings. The molecule has 8 nitrogen and oxygen atoms in total. The van der Waals surface area contributed by atoms with Crippen LogP contribution >= 0.6 is 0 Å². The van der Waals surface area contributed by atoms with E-state index < -0.39 is 5.97 Å². The maximum Gasteiger partial charge on any atom is 0.306 e. The number of aryl methyl sites for hydroxylation is 1. The van der Waals surface area contributed by atoms with Gasteiger partial charge in [0.2, 0.25) is 5.91 Å². The largest absolute Gasteiger partial charge is 0.494 e. The Labute approximate surface area is 243 Å². The van der Waals surface area contributed by atoms with Crippen molar-refractivity contribution in [2.75, 3.05) is 52.6 Å². The highest BCUT2D eigenvalue weighted by atomic mass is 16.5. The molecule has 1 amide bonds. The highest BCUT2D eigenvalue weighted by molar-refractivity contribution is 5.75. The molecule has 1 heterocycles. The number of carbonyl (C=O) groups excluding carboxylic acids is 1. The van der Waals surface area contributed by atoms with Crippen molar-refractivity contribution in [1.82, 2.24) is 10.2 Å². The minimum atomic E-state index is -0.659. The molecule has 0 unspecified atom stereocenters. The van der Waals surface area contributed by atoms with Crippen molar-refractivity contribution >= 4 is 11.9 Å². The van der Waals surface area contributed by atoms with Crippen LogP contribution in [0.5, 0.6) is 11.5 Å². The van der Waals surface area contributed by atoms with Crippen molar-refractivity contribution in [2.24, 2.45) is 5.92 Å². The van der Waals surface area contributed by atoms with Crippen LogP contribution in [-0.2, 0) is 32.6 Å². The van der Waals surface area contributed by atoms with E-state index in [4.69, 9.17) is 14.2 Å². The first-order valence-corrected chi connectivity index (χ1v) is 15.3. The number of morpholine rings is 1. The molecule has 3 aliphatic rings. The maximum absolute atomic E-state index is 12.4. The fourth-order valence-corrected chi connectivity index (χ4v) is 6.57. The standard InChI is InChI=1S/C33H44N2O6/c36-31(34-15-11-25-3-1-4-28(23-25)41-22-18-35-16-20-39-21-17-35)5-2-19-40-29-7-6-26-8-12-33(30(26)24-29)13-9-27(10-14-33)32(37)38/h1,3-4,6-7,23-24,27H,2,5,8-22H2,(H,34,36)(H,37,38). The lowest BCUT2D eigenvalue weighted by atomic mass is 9.67. The molecule has 1 spiro atoms. The minimum absolute atomic E-state index is 0.0367. The lowest BCUT2D eigenvalue weighted by Gasteiger charge is -2.37. The number of fused-ring (bicyclic) bond motifs is 2. The van der Waals surface area contributed by atoms with Gasteiger partial charge in [0.15, 0.2) is 0 Å². The monoisotopic (exact) mass is 564 g/mol. The van der Waals surface area contributed by atoms with E-state index in [-0.39, 0.29) is 17.2 Å². The van der Waals surface area contributed by atoms with Crippen molar-refractivity contribution in [1.29, 1.82) is 0 Å². The molecule has 2 aromatic carbocycles. The van der Waals surface area contributed by atoms with Gasteiger partial charge in [-0.3, -0.25) is 14.5 Å². The zero-order valence-corrected chi connectivity index (χ0v) is 24.1. The number of carboxylic acids is 1. The van der Waals surface area contributed by atoms with Gasteiger partial charge in [-0.05, 0) is 97.7 Å². The van der Waals surface area contributed by atoms with Crippen LogP contribution in [0.25, 0.3) is 0 Å². The molecular formula is C33H44N2O6. The van der Waals surface area contributed by atoms with Crippen LogP contribution in [-0.4, -0.2) is 74.5 Å². The molecule has 1 saturated heterocycles. The third kappa shape index (κ3) is 8.01. The molecular weight excluding hydrogens is 520 g/mol. The molecule has 2 N–H and O–H groups in total. The first kappa shape index (κ1) is 29.4. The summed E-state index contributed by atoms with van der Waals surface area (Å²) in [6.45, 7) is 6.14. The Kier molecular flexibility index (Phi) is 10.2. The average Bonchev–Trinajstić information content (AvgIpc) is 3.33. The van der Waals surface area contributed by atoms with E-state index in [0.717, 1.165) is 94.9 Å². The predicted molar refractivity (Wildman–Crippen MR) is 157 cm³/mol. The van der Waals surface area contributed by atoms with Crippen LogP contribution < -0.4 is 14.8 Å². The van der Waals surface area contributed by atoms with Gasteiger partial charge in [-0.15, -0.1) is 0 Å².